The van der Waals surface area contributed by atoms with Gasteiger partial charge in [0.1, 0.15) is 6.04 Å². The predicted molar refractivity (Wildman–Crippen MR) is 76.5 cm³/mol. The number of H-pyrrole nitrogens is 1. The lowest BCUT2D eigenvalue weighted by Crippen LogP contribution is -2.44. The van der Waals surface area contributed by atoms with Gasteiger partial charge in [0.15, 0.2) is 0 Å². The first-order valence-electron chi connectivity index (χ1n) is 6.28. The molecule has 1 heterocycles. The van der Waals surface area contributed by atoms with Gasteiger partial charge in [-0.05, 0) is 25.1 Å². The largest absolute Gasteiger partial charge is 0.467 e. The van der Waals surface area contributed by atoms with E-state index in [4.69, 9.17) is 0 Å². The topological polar surface area (TPSA) is 100 Å². The van der Waals surface area contributed by atoms with E-state index >= 15 is 0 Å². The zero-order chi connectivity index (χ0) is 15.4. The van der Waals surface area contributed by atoms with Crippen LogP contribution < -0.4 is 10.6 Å². The van der Waals surface area contributed by atoms with E-state index in [0.717, 1.165) is 10.9 Å². The highest BCUT2D eigenvalue weighted by molar-refractivity contribution is 6.40. The summed E-state index contributed by atoms with van der Waals surface area (Å²) in [5.74, 6) is -2.37. The molecule has 0 radical (unpaired) electrons. The third-order valence-corrected chi connectivity index (χ3v) is 2.95. The number of methoxy groups -OCH3 is 1. The maximum absolute atomic E-state index is 11.8. The predicted octanol–water partition coefficient (Wildman–Crippen LogP) is 0.784. The summed E-state index contributed by atoms with van der Waals surface area (Å²) in [6, 6.07) is 6.19. The lowest BCUT2D eigenvalue weighted by Gasteiger charge is -2.11. The number of hydrogen-bond donors (Lipinski definition) is 3. The number of anilines is 1. The van der Waals surface area contributed by atoms with Crippen LogP contribution in [0.15, 0.2) is 30.5 Å². The van der Waals surface area contributed by atoms with Gasteiger partial charge in [0.2, 0.25) is 0 Å². The number of amides is 2. The molecular weight excluding hydrogens is 274 g/mol. The second kappa shape index (κ2) is 6.08. The molecule has 2 amide bonds. The summed E-state index contributed by atoms with van der Waals surface area (Å²) < 4.78 is 4.47. The number of nitrogens with one attached hydrogen (secondary N) is 3. The SMILES string of the molecule is COC(=O)[C@@H](C)NC(=O)C(=O)Nc1cccc2[nH]ccc12. The molecule has 1 aromatic heterocycles. The first-order chi connectivity index (χ1) is 10.0. The number of aromatic nitrogens is 1. The molecule has 7 nitrogen and oxygen atoms in total. The molecule has 3 N–H and O–H groups in total. The Morgan fingerprint density at radius 1 is 1.19 bits per heavy atom. The van der Waals surface area contributed by atoms with Crippen molar-refractivity contribution in [1.82, 2.24) is 10.3 Å². The van der Waals surface area contributed by atoms with Crippen molar-refractivity contribution in [2.24, 2.45) is 0 Å². The van der Waals surface area contributed by atoms with Crippen LogP contribution in [0.5, 0.6) is 0 Å². The van der Waals surface area contributed by atoms with Gasteiger partial charge in [-0.15, -0.1) is 0 Å². The summed E-state index contributed by atoms with van der Waals surface area (Å²) >= 11 is 0. The van der Waals surface area contributed by atoms with Gasteiger partial charge < -0.3 is 20.4 Å². The quantitative estimate of drug-likeness (QED) is 0.574. The van der Waals surface area contributed by atoms with Crippen LogP contribution in [0.1, 0.15) is 6.92 Å². The number of benzene rings is 1. The van der Waals surface area contributed by atoms with E-state index in [1.165, 1.54) is 14.0 Å². The molecule has 1 atom stereocenters. The second-order valence-corrected chi connectivity index (χ2v) is 4.42. The summed E-state index contributed by atoms with van der Waals surface area (Å²) in [7, 11) is 1.21. The fraction of sp³-hybridized carbons (Fsp3) is 0.214. The molecule has 0 unspecified atom stereocenters. The monoisotopic (exact) mass is 289 g/mol. The van der Waals surface area contributed by atoms with Crippen molar-refractivity contribution in [3.05, 3.63) is 30.5 Å². The molecule has 0 saturated carbocycles. The summed E-state index contributed by atoms with van der Waals surface area (Å²) in [4.78, 5) is 37.8. The molecule has 0 bridgehead atoms. The normalized spacial score (nSPS) is 11.7. The van der Waals surface area contributed by atoms with Crippen molar-refractivity contribution in [2.45, 2.75) is 13.0 Å². The number of hydrogen-bond acceptors (Lipinski definition) is 4. The van der Waals surface area contributed by atoms with Crippen LogP contribution in [0.25, 0.3) is 10.9 Å². The fourth-order valence-corrected chi connectivity index (χ4v) is 1.87. The summed E-state index contributed by atoms with van der Waals surface area (Å²) in [5, 5.41) is 5.56. The lowest BCUT2D eigenvalue weighted by molar-refractivity contribution is -0.145. The average Bonchev–Trinajstić information content (AvgIpc) is 2.95. The zero-order valence-electron chi connectivity index (χ0n) is 11.6. The van der Waals surface area contributed by atoms with E-state index in [9.17, 15) is 14.4 Å². The number of rotatable bonds is 3. The summed E-state index contributed by atoms with van der Waals surface area (Å²) in [6.07, 6.45) is 1.74. The Bertz CT molecular complexity index is 692. The van der Waals surface area contributed by atoms with Gasteiger partial charge in [-0.1, -0.05) is 6.07 Å². The first kappa shape index (κ1) is 14.6. The molecule has 2 aromatic rings. The smallest absolute Gasteiger partial charge is 0.328 e. The Kier molecular flexibility index (Phi) is 4.22. The summed E-state index contributed by atoms with van der Waals surface area (Å²) in [6.45, 7) is 1.43. The zero-order valence-corrected chi connectivity index (χ0v) is 11.6. The first-order valence-corrected chi connectivity index (χ1v) is 6.28. The van der Waals surface area contributed by atoms with Crippen LogP contribution in [-0.4, -0.2) is 35.9 Å². The van der Waals surface area contributed by atoms with Crippen molar-refractivity contribution < 1.29 is 19.1 Å². The van der Waals surface area contributed by atoms with Crippen molar-refractivity contribution in [1.29, 1.82) is 0 Å². The highest BCUT2D eigenvalue weighted by Gasteiger charge is 2.21. The van der Waals surface area contributed by atoms with E-state index in [-0.39, 0.29) is 0 Å². The number of carbonyl (C=O) groups excluding carboxylic acids is 3. The van der Waals surface area contributed by atoms with Crippen LogP contribution in [0, 0.1) is 0 Å². The summed E-state index contributed by atoms with van der Waals surface area (Å²) in [5.41, 5.74) is 1.36. The number of carbonyl (C=O) groups is 3. The molecule has 0 saturated heterocycles. The molecule has 0 aliphatic heterocycles. The van der Waals surface area contributed by atoms with Gasteiger partial charge in [0.25, 0.3) is 0 Å². The molecule has 0 aliphatic carbocycles. The third-order valence-electron chi connectivity index (χ3n) is 2.95. The highest BCUT2D eigenvalue weighted by Crippen LogP contribution is 2.21. The third kappa shape index (κ3) is 3.19. The molecule has 21 heavy (non-hydrogen) atoms. The molecule has 7 heteroatoms. The van der Waals surface area contributed by atoms with Crippen LogP contribution >= 0.6 is 0 Å². The highest BCUT2D eigenvalue weighted by atomic mass is 16.5. The van der Waals surface area contributed by atoms with Gasteiger partial charge >= 0.3 is 17.8 Å². The number of esters is 1. The molecule has 1 aromatic carbocycles. The van der Waals surface area contributed by atoms with Crippen LogP contribution in [0.3, 0.4) is 0 Å². The van der Waals surface area contributed by atoms with E-state index in [0.29, 0.717) is 5.69 Å². The minimum Gasteiger partial charge on any atom is -0.467 e. The Labute approximate surface area is 120 Å². The van der Waals surface area contributed by atoms with Crippen molar-refractivity contribution in [3.63, 3.8) is 0 Å². The Morgan fingerprint density at radius 3 is 2.67 bits per heavy atom. The Morgan fingerprint density at radius 2 is 1.95 bits per heavy atom. The number of fused-ring (bicyclic) bond motifs is 1. The van der Waals surface area contributed by atoms with Crippen molar-refractivity contribution in [3.8, 4) is 0 Å². The van der Waals surface area contributed by atoms with Crippen molar-refractivity contribution in [2.75, 3.05) is 12.4 Å². The molecule has 0 spiro atoms. The van der Waals surface area contributed by atoms with Gasteiger partial charge in [-0.2, -0.15) is 0 Å². The lowest BCUT2D eigenvalue weighted by atomic mass is 10.2. The van der Waals surface area contributed by atoms with E-state index < -0.39 is 23.8 Å². The molecule has 2 rings (SSSR count). The van der Waals surface area contributed by atoms with Crippen LogP contribution in [0.2, 0.25) is 0 Å². The maximum Gasteiger partial charge on any atom is 0.328 e. The van der Waals surface area contributed by atoms with Gasteiger partial charge in [-0.25, -0.2) is 4.79 Å². The molecule has 0 fully saturated rings. The van der Waals surface area contributed by atoms with Gasteiger partial charge in [0, 0.05) is 17.1 Å². The number of aromatic amines is 1. The van der Waals surface area contributed by atoms with Gasteiger partial charge in [0.05, 0.1) is 12.8 Å². The van der Waals surface area contributed by atoms with Crippen LogP contribution in [0.4, 0.5) is 5.69 Å². The average molecular weight is 289 g/mol. The number of ether oxygens (including phenoxy) is 1. The minimum atomic E-state index is -0.902. The Hall–Kier alpha value is -2.83. The molecular formula is C14H15N3O4. The van der Waals surface area contributed by atoms with E-state index in [2.05, 4.69) is 20.4 Å². The van der Waals surface area contributed by atoms with E-state index in [1.54, 1.807) is 24.4 Å². The van der Waals surface area contributed by atoms with Crippen LogP contribution in [-0.2, 0) is 19.1 Å². The fourth-order valence-electron chi connectivity index (χ4n) is 1.87. The standard InChI is InChI=1S/C14H15N3O4/c1-8(14(20)21-2)16-12(18)13(19)17-11-5-3-4-10-9(11)6-7-15-10/h3-8,15H,1-2H3,(H,16,18)(H,17,19)/t8-/m1/s1. The second-order valence-electron chi connectivity index (χ2n) is 4.42. The van der Waals surface area contributed by atoms with Gasteiger partial charge in [-0.3, -0.25) is 9.59 Å². The minimum absolute atomic E-state index is 0.514. The maximum atomic E-state index is 11.8. The molecule has 0 aliphatic rings. The Balaban J connectivity index is 2.06. The van der Waals surface area contributed by atoms with E-state index in [1.807, 2.05) is 6.07 Å². The van der Waals surface area contributed by atoms with Crippen molar-refractivity contribution >= 4 is 34.4 Å². The molecule has 110 valence electrons.